The number of nitrogens with zero attached hydrogens (tertiary/aromatic N) is 2. The van der Waals surface area contributed by atoms with Crippen molar-refractivity contribution in [2.45, 2.75) is 38.8 Å². The number of aromatic nitrogens is 1. The molecular formula is C13H16N4O3S. The summed E-state index contributed by atoms with van der Waals surface area (Å²) in [6.45, 7) is 2.54. The molecule has 1 atom stereocenters. The normalized spacial score (nSPS) is 20.9. The lowest BCUT2D eigenvalue weighted by atomic mass is 10.1. The predicted molar refractivity (Wildman–Crippen MR) is 76.7 cm³/mol. The lowest BCUT2D eigenvalue weighted by molar-refractivity contribution is -0.135. The highest BCUT2D eigenvalue weighted by Crippen LogP contribution is 2.29. The number of hydrogen-bond acceptors (Lipinski definition) is 5. The first-order valence-corrected chi connectivity index (χ1v) is 7.69. The van der Waals surface area contributed by atoms with Crippen LogP contribution in [0.5, 0.6) is 0 Å². The van der Waals surface area contributed by atoms with Gasteiger partial charge >= 0.3 is 0 Å². The Morgan fingerprint density at radius 1 is 1.43 bits per heavy atom. The van der Waals surface area contributed by atoms with Gasteiger partial charge in [-0.3, -0.25) is 14.4 Å². The zero-order chi connectivity index (χ0) is 15.0. The molecule has 1 saturated heterocycles. The van der Waals surface area contributed by atoms with E-state index in [2.05, 4.69) is 15.6 Å². The van der Waals surface area contributed by atoms with Crippen molar-refractivity contribution in [3.05, 3.63) is 10.6 Å². The first-order valence-electron chi connectivity index (χ1n) is 6.87. The van der Waals surface area contributed by atoms with Crippen molar-refractivity contribution in [3.8, 4) is 0 Å². The standard InChI is InChI=1S/C13H16N4O3S/c1-7(18)14-13-16-8-4-5-17(6-10(8)21-13)12(20)9-2-3-11(19)15-9/h9H,2-6H2,1H3,(H,15,19)(H,14,16,18). The van der Waals surface area contributed by atoms with Gasteiger partial charge < -0.3 is 15.5 Å². The lowest BCUT2D eigenvalue weighted by Crippen LogP contribution is -2.46. The van der Waals surface area contributed by atoms with Crippen LogP contribution in [0.3, 0.4) is 0 Å². The summed E-state index contributed by atoms with van der Waals surface area (Å²) in [4.78, 5) is 41.8. The molecule has 1 aromatic rings. The summed E-state index contributed by atoms with van der Waals surface area (Å²) >= 11 is 1.40. The maximum atomic E-state index is 12.4. The highest BCUT2D eigenvalue weighted by molar-refractivity contribution is 7.15. The molecule has 2 aliphatic rings. The molecule has 2 N–H and O–H groups in total. The Bertz CT molecular complexity index is 613. The smallest absolute Gasteiger partial charge is 0.245 e. The SMILES string of the molecule is CC(=O)Nc1nc2c(s1)CN(C(=O)C1CCC(=O)N1)CC2. The van der Waals surface area contributed by atoms with Crippen molar-refractivity contribution in [1.82, 2.24) is 15.2 Å². The number of carbonyl (C=O) groups is 3. The van der Waals surface area contributed by atoms with E-state index in [-0.39, 0.29) is 23.8 Å². The third-order valence-electron chi connectivity index (χ3n) is 3.62. The molecule has 0 bridgehead atoms. The molecule has 0 spiro atoms. The van der Waals surface area contributed by atoms with E-state index in [1.807, 2.05) is 0 Å². The van der Waals surface area contributed by atoms with Crippen molar-refractivity contribution < 1.29 is 14.4 Å². The van der Waals surface area contributed by atoms with E-state index in [0.29, 0.717) is 37.5 Å². The van der Waals surface area contributed by atoms with Gasteiger partial charge in [0.25, 0.3) is 0 Å². The van der Waals surface area contributed by atoms with Crippen LogP contribution in [0.15, 0.2) is 0 Å². The number of nitrogens with one attached hydrogen (secondary N) is 2. The molecule has 112 valence electrons. The fraction of sp³-hybridized carbons (Fsp3) is 0.538. The van der Waals surface area contributed by atoms with Crippen LogP contribution in [-0.2, 0) is 27.3 Å². The third-order valence-corrected chi connectivity index (χ3v) is 4.62. The molecule has 1 unspecified atom stereocenters. The van der Waals surface area contributed by atoms with Gasteiger partial charge in [0, 0.05) is 31.2 Å². The van der Waals surface area contributed by atoms with Gasteiger partial charge in [-0.05, 0) is 6.42 Å². The minimum absolute atomic E-state index is 0.0269. The van der Waals surface area contributed by atoms with Gasteiger partial charge in [0.1, 0.15) is 6.04 Å². The van der Waals surface area contributed by atoms with E-state index in [0.717, 1.165) is 10.6 Å². The molecule has 8 heteroatoms. The lowest BCUT2D eigenvalue weighted by Gasteiger charge is -2.28. The predicted octanol–water partition coefficient (Wildman–Crippen LogP) is 0.265. The number of fused-ring (bicyclic) bond motifs is 1. The van der Waals surface area contributed by atoms with Crippen molar-refractivity contribution in [2.24, 2.45) is 0 Å². The Morgan fingerprint density at radius 3 is 2.90 bits per heavy atom. The Labute approximate surface area is 125 Å². The first kappa shape index (κ1) is 14.0. The molecule has 1 aromatic heterocycles. The van der Waals surface area contributed by atoms with Crippen molar-refractivity contribution >= 4 is 34.2 Å². The number of hydrogen-bond donors (Lipinski definition) is 2. The zero-order valence-electron chi connectivity index (χ0n) is 11.6. The fourth-order valence-electron chi connectivity index (χ4n) is 2.61. The van der Waals surface area contributed by atoms with E-state index in [1.165, 1.54) is 18.3 Å². The Hall–Kier alpha value is -1.96. The quantitative estimate of drug-likeness (QED) is 0.820. The topological polar surface area (TPSA) is 91.4 Å². The molecule has 1 fully saturated rings. The number of anilines is 1. The van der Waals surface area contributed by atoms with Gasteiger partial charge in [0.2, 0.25) is 17.7 Å². The minimum atomic E-state index is -0.387. The number of carbonyl (C=O) groups excluding carboxylic acids is 3. The summed E-state index contributed by atoms with van der Waals surface area (Å²) in [5.41, 5.74) is 0.947. The average Bonchev–Trinajstić information content (AvgIpc) is 3.01. The molecule has 3 amide bonds. The average molecular weight is 308 g/mol. The molecule has 0 aromatic carbocycles. The monoisotopic (exact) mass is 308 g/mol. The van der Waals surface area contributed by atoms with Crippen LogP contribution < -0.4 is 10.6 Å². The van der Waals surface area contributed by atoms with Crippen LogP contribution in [0, 0.1) is 0 Å². The molecule has 0 radical (unpaired) electrons. The highest BCUT2D eigenvalue weighted by Gasteiger charge is 2.33. The fourth-order valence-corrected chi connectivity index (χ4v) is 3.68. The summed E-state index contributed by atoms with van der Waals surface area (Å²) in [7, 11) is 0. The van der Waals surface area contributed by atoms with E-state index in [1.54, 1.807) is 4.90 Å². The molecule has 0 saturated carbocycles. The largest absolute Gasteiger partial charge is 0.344 e. The van der Waals surface area contributed by atoms with Crippen molar-refractivity contribution in [3.63, 3.8) is 0 Å². The van der Waals surface area contributed by atoms with E-state index in [9.17, 15) is 14.4 Å². The van der Waals surface area contributed by atoms with E-state index in [4.69, 9.17) is 0 Å². The van der Waals surface area contributed by atoms with Crippen LogP contribution in [0.4, 0.5) is 5.13 Å². The summed E-state index contributed by atoms with van der Waals surface area (Å²) < 4.78 is 0. The summed E-state index contributed by atoms with van der Waals surface area (Å²) in [5, 5.41) is 5.96. The van der Waals surface area contributed by atoms with Gasteiger partial charge in [0.15, 0.2) is 5.13 Å². The van der Waals surface area contributed by atoms with Crippen LogP contribution in [0.25, 0.3) is 0 Å². The maximum Gasteiger partial charge on any atom is 0.245 e. The molecule has 0 aliphatic carbocycles. The molecule has 2 aliphatic heterocycles. The van der Waals surface area contributed by atoms with Crippen LogP contribution in [0.1, 0.15) is 30.3 Å². The Balaban J connectivity index is 1.69. The van der Waals surface area contributed by atoms with Gasteiger partial charge in [-0.2, -0.15) is 0 Å². The van der Waals surface area contributed by atoms with Crippen molar-refractivity contribution in [2.75, 3.05) is 11.9 Å². The molecular weight excluding hydrogens is 292 g/mol. The van der Waals surface area contributed by atoms with Crippen LogP contribution in [-0.4, -0.2) is 40.2 Å². The van der Waals surface area contributed by atoms with Crippen molar-refractivity contribution in [1.29, 1.82) is 0 Å². The van der Waals surface area contributed by atoms with Gasteiger partial charge in [-0.25, -0.2) is 4.98 Å². The zero-order valence-corrected chi connectivity index (χ0v) is 12.5. The summed E-state index contributed by atoms with van der Waals surface area (Å²) in [5.74, 6) is -0.236. The van der Waals surface area contributed by atoms with Gasteiger partial charge in [-0.1, -0.05) is 11.3 Å². The minimum Gasteiger partial charge on any atom is -0.344 e. The third kappa shape index (κ3) is 2.90. The van der Waals surface area contributed by atoms with Crippen LogP contribution >= 0.6 is 11.3 Å². The molecule has 7 nitrogen and oxygen atoms in total. The Morgan fingerprint density at radius 2 is 2.24 bits per heavy atom. The van der Waals surface area contributed by atoms with E-state index >= 15 is 0 Å². The first-order chi connectivity index (χ1) is 10.0. The summed E-state index contributed by atoms with van der Waals surface area (Å²) in [6.07, 6.45) is 1.67. The van der Waals surface area contributed by atoms with Crippen LogP contribution in [0.2, 0.25) is 0 Å². The summed E-state index contributed by atoms with van der Waals surface area (Å²) in [6, 6.07) is -0.387. The highest BCUT2D eigenvalue weighted by atomic mass is 32.1. The Kier molecular flexibility index (Phi) is 3.62. The molecule has 3 heterocycles. The van der Waals surface area contributed by atoms with Gasteiger partial charge in [0.05, 0.1) is 12.2 Å². The van der Waals surface area contributed by atoms with Gasteiger partial charge in [-0.15, -0.1) is 0 Å². The van der Waals surface area contributed by atoms with E-state index < -0.39 is 0 Å². The molecule has 21 heavy (non-hydrogen) atoms. The second-order valence-electron chi connectivity index (χ2n) is 5.24. The molecule has 3 rings (SSSR count). The number of amides is 3. The number of rotatable bonds is 2. The number of thiazole rings is 1. The second-order valence-corrected chi connectivity index (χ2v) is 6.32. The maximum absolute atomic E-state index is 12.4. The second kappa shape index (κ2) is 5.44.